The quantitative estimate of drug-likeness (QED) is 0.661. The van der Waals surface area contributed by atoms with Crippen LogP contribution in [0.2, 0.25) is 0 Å². The third-order valence-electron chi connectivity index (χ3n) is 2.87. The van der Waals surface area contributed by atoms with Gasteiger partial charge in [0.25, 0.3) is 0 Å². The Morgan fingerprint density at radius 2 is 1.93 bits per heavy atom. The van der Waals surface area contributed by atoms with E-state index in [1.165, 1.54) is 32.2 Å². The van der Waals surface area contributed by atoms with Gasteiger partial charge >= 0.3 is 0 Å². The van der Waals surface area contributed by atoms with Crippen molar-refractivity contribution in [1.82, 2.24) is 5.32 Å². The maximum atomic E-state index is 5.52. The maximum absolute atomic E-state index is 5.52. The first-order valence-corrected chi connectivity index (χ1v) is 6.33. The van der Waals surface area contributed by atoms with Crippen LogP contribution in [0.1, 0.15) is 46.0 Å². The van der Waals surface area contributed by atoms with Gasteiger partial charge in [0.05, 0.1) is 0 Å². The Labute approximate surface area is 93.5 Å². The Morgan fingerprint density at radius 3 is 2.47 bits per heavy atom. The summed E-state index contributed by atoms with van der Waals surface area (Å²) in [4.78, 5) is 0. The number of rotatable bonds is 7. The highest BCUT2D eigenvalue weighted by Crippen LogP contribution is 2.14. The lowest BCUT2D eigenvalue weighted by Gasteiger charge is -2.25. The van der Waals surface area contributed by atoms with Gasteiger partial charge in [0.1, 0.15) is 0 Å². The molecule has 1 N–H and O–H groups in total. The minimum atomic E-state index is 0.00345. The molecule has 0 aliphatic carbocycles. The summed E-state index contributed by atoms with van der Waals surface area (Å²) in [7, 11) is 0. The van der Waals surface area contributed by atoms with Gasteiger partial charge in [0.15, 0.2) is 6.29 Å². The van der Waals surface area contributed by atoms with Crippen molar-refractivity contribution < 1.29 is 9.47 Å². The zero-order valence-corrected chi connectivity index (χ0v) is 10.1. The zero-order valence-electron chi connectivity index (χ0n) is 10.1. The Bertz CT molecular complexity index is 141. The predicted molar refractivity (Wildman–Crippen MR) is 61.9 cm³/mol. The van der Waals surface area contributed by atoms with Crippen LogP contribution in [0, 0.1) is 0 Å². The minimum Gasteiger partial charge on any atom is -0.353 e. The second kappa shape index (κ2) is 8.08. The molecule has 1 fully saturated rings. The minimum absolute atomic E-state index is 0.00345. The lowest BCUT2D eigenvalue weighted by molar-refractivity contribution is -0.141. The van der Waals surface area contributed by atoms with Crippen LogP contribution in [-0.2, 0) is 9.47 Å². The van der Waals surface area contributed by atoms with Crippen molar-refractivity contribution in [2.45, 2.75) is 58.3 Å². The normalized spacial score (nSPS) is 22.2. The fraction of sp³-hybridized carbons (Fsp3) is 1.00. The average Bonchev–Trinajstić information content (AvgIpc) is 2.28. The molecule has 1 atom stereocenters. The van der Waals surface area contributed by atoms with Crippen molar-refractivity contribution in [2.75, 3.05) is 19.8 Å². The number of nitrogens with one attached hydrogen (secondary N) is 1. The number of ether oxygens (including phenoxy) is 2. The molecule has 1 aliphatic heterocycles. The van der Waals surface area contributed by atoms with E-state index in [0.717, 1.165) is 19.6 Å². The maximum Gasteiger partial charge on any atom is 0.157 e. The van der Waals surface area contributed by atoms with Gasteiger partial charge in [-0.25, -0.2) is 0 Å². The third-order valence-corrected chi connectivity index (χ3v) is 2.87. The Hall–Kier alpha value is -0.120. The molecule has 3 heteroatoms. The van der Waals surface area contributed by atoms with Crippen LogP contribution < -0.4 is 5.32 Å². The highest BCUT2D eigenvalue weighted by Gasteiger charge is 2.15. The molecule has 0 aromatic heterocycles. The second-order valence-corrected chi connectivity index (χ2v) is 4.06. The van der Waals surface area contributed by atoms with E-state index in [2.05, 4.69) is 5.32 Å². The van der Waals surface area contributed by atoms with E-state index in [4.69, 9.17) is 9.47 Å². The zero-order chi connectivity index (χ0) is 10.9. The van der Waals surface area contributed by atoms with Gasteiger partial charge in [0.2, 0.25) is 0 Å². The standard InChI is InChI=1S/C12H25NO2/c1-3-14-12(15-4-2)9-8-11-7-5-6-10-13-11/h11-13H,3-10H2,1-2H3/t11-/m0/s1. The Kier molecular flexibility index (Phi) is 6.98. The van der Waals surface area contributed by atoms with Crippen molar-refractivity contribution in [2.24, 2.45) is 0 Å². The van der Waals surface area contributed by atoms with Crippen LogP contribution in [0.3, 0.4) is 0 Å². The molecule has 1 rings (SSSR count). The molecule has 0 amide bonds. The second-order valence-electron chi connectivity index (χ2n) is 4.06. The molecule has 90 valence electrons. The van der Waals surface area contributed by atoms with E-state index in [1.54, 1.807) is 0 Å². The summed E-state index contributed by atoms with van der Waals surface area (Å²) < 4.78 is 11.0. The first-order valence-electron chi connectivity index (χ1n) is 6.33. The van der Waals surface area contributed by atoms with E-state index >= 15 is 0 Å². The van der Waals surface area contributed by atoms with Crippen molar-refractivity contribution in [3.63, 3.8) is 0 Å². The summed E-state index contributed by atoms with van der Waals surface area (Å²) in [5.74, 6) is 0. The molecule has 0 spiro atoms. The van der Waals surface area contributed by atoms with Gasteiger partial charge in [-0.15, -0.1) is 0 Å². The molecule has 1 heterocycles. The van der Waals surface area contributed by atoms with Crippen molar-refractivity contribution in [3.05, 3.63) is 0 Å². The summed E-state index contributed by atoms with van der Waals surface area (Å²) in [6.07, 6.45) is 6.20. The summed E-state index contributed by atoms with van der Waals surface area (Å²) in [5.41, 5.74) is 0. The predicted octanol–water partition coefficient (Wildman–Crippen LogP) is 2.31. The van der Waals surface area contributed by atoms with E-state index in [9.17, 15) is 0 Å². The highest BCUT2D eigenvalue weighted by molar-refractivity contribution is 4.72. The van der Waals surface area contributed by atoms with Gasteiger partial charge in [-0.3, -0.25) is 0 Å². The van der Waals surface area contributed by atoms with Crippen LogP contribution >= 0.6 is 0 Å². The highest BCUT2D eigenvalue weighted by atomic mass is 16.7. The van der Waals surface area contributed by atoms with E-state index in [0.29, 0.717) is 6.04 Å². The lowest BCUT2D eigenvalue weighted by Crippen LogP contribution is -2.35. The van der Waals surface area contributed by atoms with Gasteiger partial charge in [0, 0.05) is 19.3 Å². The molecule has 15 heavy (non-hydrogen) atoms. The van der Waals surface area contributed by atoms with Crippen LogP contribution in [0.15, 0.2) is 0 Å². The largest absolute Gasteiger partial charge is 0.353 e. The number of hydrogen-bond donors (Lipinski definition) is 1. The molecule has 1 saturated heterocycles. The van der Waals surface area contributed by atoms with Crippen molar-refractivity contribution >= 4 is 0 Å². The molecule has 0 aromatic rings. The van der Waals surface area contributed by atoms with E-state index in [-0.39, 0.29) is 6.29 Å². The molecular weight excluding hydrogens is 190 g/mol. The summed E-state index contributed by atoms with van der Waals surface area (Å²) in [6, 6.07) is 0.683. The molecule has 3 nitrogen and oxygen atoms in total. The van der Waals surface area contributed by atoms with Crippen LogP contribution in [0.25, 0.3) is 0 Å². The molecule has 0 bridgehead atoms. The Morgan fingerprint density at radius 1 is 1.20 bits per heavy atom. The number of hydrogen-bond acceptors (Lipinski definition) is 3. The number of piperidine rings is 1. The van der Waals surface area contributed by atoms with Crippen LogP contribution in [-0.4, -0.2) is 32.1 Å². The monoisotopic (exact) mass is 215 g/mol. The molecule has 0 unspecified atom stereocenters. The molecule has 0 aromatic carbocycles. The molecule has 0 saturated carbocycles. The van der Waals surface area contributed by atoms with E-state index < -0.39 is 0 Å². The van der Waals surface area contributed by atoms with Crippen LogP contribution in [0.4, 0.5) is 0 Å². The van der Waals surface area contributed by atoms with E-state index in [1.807, 2.05) is 13.8 Å². The van der Waals surface area contributed by atoms with Gasteiger partial charge in [-0.05, 0) is 46.1 Å². The molecule has 1 aliphatic rings. The average molecular weight is 215 g/mol. The van der Waals surface area contributed by atoms with Crippen LogP contribution in [0.5, 0.6) is 0 Å². The topological polar surface area (TPSA) is 30.5 Å². The fourth-order valence-electron chi connectivity index (χ4n) is 2.09. The fourth-order valence-corrected chi connectivity index (χ4v) is 2.09. The third kappa shape index (κ3) is 5.50. The Balaban J connectivity index is 2.13. The first kappa shape index (κ1) is 12.9. The SMILES string of the molecule is CCOC(CC[C@@H]1CCCCN1)OCC. The molecular formula is C12H25NO2. The first-order chi connectivity index (χ1) is 7.36. The summed E-state index contributed by atoms with van der Waals surface area (Å²) >= 11 is 0. The smallest absolute Gasteiger partial charge is 0.157 e. The van der Waals surface area contributed by atoms with Gasteiger partial charge in [-0.2, -0.15) is 0 Å². The van der Waals surface area contributed by atoms with Crippen molar-refractivity contribution in [3.8, 4) is 0 Å². The lowest BCUT2D eigenvalue weighted by atomic mass is 10.0. The summed E-state index contributed by atoms with van der Waals surface area (Å²) in [6.45, 7) is 6.69. The molecule has 0 radical (unpaired) electrons. The van der Waals surface area contributed by atoms with Gasteiger partial charge < -0.3 is 14.8 Å². The van der Waals surface area contributed by atoms with Gasteiger partial charge in [-0.1, -0.05) is 6.42 Å². The van der Waals surface area contributed by atoms with Crippen molar-refractivity contribution in [1.29, 1.82) is 0 Å². The summed E-state index contributed by atoms with van der Waals surface area (Å²) in [5, 5.41) is 3.55.